The van der Waals surface area contributed by atoms with E-state index in [2.05, 4.69) is 5.32 Å². The van der Waals surface area contributed by atoms with Crippen molar-refractivity contribution in [2.75, 3.05) is 13.6 Å². The second-order valence-electron chi connectivity index (χ2n) is 6.13. The molecule has 1 amide bonds. The van der Waals surface area contributed by atoms with Gasteiger partial charge in [-0.05, 0) is 36.4 Å². The maximum atomic E-state index is 13.1. The number of nitrogens with zero attached hydrogens (tertiary/aromatic N) is 2. The summed E-state index contributed by atoms with van der Waals surface area (Å²) in [5.41, 5.74) is 0.364. The van der Waals surface area contributed by atoms with Crippen LogP contribution in [0, 0.1) is 11.3 Å². The number of benzene rings is 2. The average molecular weight is 385 g/mol. The third-order valence-corrected chi connectivity index (χ3v) is 6.29. The van der Waals surface area contributed by atoms with Crippen molar-refractivity contribution in [3.63, 3.8) is 0 Å². The van der Waals surface area contributed by atoms with Gasteiger partial charge in [0.1, 0.15) is 17.9 Å². The standard InChI is InChI=1S/C19H19N3O4S/c1-21-19(23)18-11-16(26-15-5-3-2-4-6-15)13-22(18)27(24,25)17-9-7-14(12-20)8-10-17/h2-10,16,18H,11,13H2,1H3,(H,21,23)/t16-,18-/m0/s1. The minimum Gasteiger partial charge on any atom is -0.489 e. The lowest BCUT2D eigenvalue weighted by Gasteiger charge is -2.22. The second-order valence-corrected chi connectivity index (χ2v) is 8.02. The molecule has 7 nitrogen and oxygen atoms in total. The van der Waals surface area contributed by atoms with E-state index in [9.17, 15) is 13.2 Å². The van der Waals surface area contributed by atoms with Gasteiger partial charge in [0.05, 0.1) is 23.1 Å². The summed E-state index contributed by atoms with van der Waals surface area (Å²) in [7, 11) is -2.44. The summed E-state index contributed by atoms with van der Waals surface area (Å²) < 4.78 is 33.2. The maximum Gasteiger partial charge on any atom is 0.243 e. The summed E-state index contributed by atoms with van der Waals surface area (Å²) in [5.74, 6) is 0.238. The van der Waals surface area contributed by atoms with Gasteiger partial charge in [0.15, 0.2) is 0 Å². The van der Waals surface area contributed by atoms with Crippen molar-refractivity contribution in [3.05, 3.63) is 60.2 Å². The van der Waals surface area contributed by atoms with E-state index in [0.29, 0.717) is 11.3 Å². The zero-order chi connectivity index (χ0) is 19.4. The predicted molar refractivity (Wildman–Crippen MR) is 98.4 cm³/mol. The Balaban J connectivity index is 1.88. The number of ether oxygens (including phenoxy) is 1. The van der Waals surface area contributed by atoms with Crippen molar-refractivity contribution in [2.24, 2.45) is 0 Å². The van der Waals surface area contributed by atoms with Crippen molar-refractivity contribution >= 4 is 15.9 Å². The highest BCUT2D eigenvalue weighted by Gasteiger charge is 2.44. The fraction of sp³-hybridized carbons (Fsp3) is 0.263. The Morgan fingerprint density at radius 1 is 1.19 bits per heavy atom. The molecule has 0 bridgehead atoms. The number of hydrogen-bond acceptors (Lipinski definition) is 5. The smallest absolute Gasteiger partial charge is 0.243 e. The van der Waals surface area contributed by atoms with Crippen LogP contribution in [-0.2, 0) is 14.8 Å². The topological polar surface area (TPSA) is 99.5 Å². The molecular weight excluding hydrogens is 366 g/mol. The van der Waals surface area contributed by atoms with E-state index in [1.54, 1.807) is 12.1 Å². The van der Waals surface area contributed by atoms with Crippen molar-refractivity contribution in [1.29, 1.82) is 5.26 Å². The minimum absolute atomic E-state index is 0.0377. The molecule has 1 aliphatic rings. The van der Waals surface area contributed by atoms with Gasteiger partial charge in [-0.3, -0.25) is 4.79 Å². The number of amides is 1. The van der Waals surface area contributed by atoms with E-state index in [-0.39, 0.29) is 23.8 Å². The Kier molecular flexibility index (Phi) is 5.44. The summed E-state index contributed by atoms with van der Waals surface area (Å²) in [4.78, 5) is 12.3. The van der Waals surface area contributed by atoms with Crippen LogP contribution in [0.25, 0.3) is 0 Å². The van der Waals surface area contributed by atoms with Crippen LogP contribution in [0.4, 0.5) is 0 Å². The SMILES string of the molecule is CNC(=O)[C@@H]1C[C@H](Oc2ccccc2)CN1S(=O)(=O)c1ccc(C#N)cc1. The van der Waals surface area contributed by atoms with Gasteiger partial charge in [-0.15, -0.1) is 0 Å². The van der Waals surface area contributed by atoms with Crippen LogP contribution in [0.5, 0.6) is 5.75 Å². The maximum absolute atomic E-state index is 13.1. The number of nitrogens with one attached hydrogen (secondary N) is 1. The molecule has 0 spiro atoms. The Labute approximate surface area is 158 Å². The summed E-state index contributed by atoms with van der Waals surface area (Å²) >= 11 is 0. The lowest BCUT2D eigenvalue weighted by molar-refractivity contribution is -0.123. The third kappa shape index (κ3) is 3.94. The highest BCUT2D eigenvalue weighted by atomic mass is 32.2. The van der Waals surface area contributed by atoms with Crippen molar-refractivity contribution in [1.82, 2.24) is 9.62 Å². The Bertz CT molecular complexity index is 953. The number of para-hydroxylation sites is 1. The van der Waals surface area contributed by atoms with Crippen LogP contribution in [0.3, 0.4) is 0 Å². The molecule has 2 aromatic carbocycles. The van der Waals surface area contributed by atoms with Crippen LogP contribution in [0.1, 0.15) is 12.0 Å². The molecule has 2 aromatic rings. The van der Waals surface area contributed by atoms with Crippen LogP contribution < -0.4 is 10.1 Å². The fourth-order valence-electron chi connectivity index (χ4n) is 3.05. The van der Waals surface area contributed by atoms with Crippen LogP contribution in [0.15, 0.2) is 59.5 Å². The van der Waals surface area contributed by atoms with Crippen molar-refractivity contribution in [3.8, 4) is 11.8 Å². The Hall–Kier alpha value is -2.89. The number of rotatable bonds is 5. The first-order valence-corrected chi connectivity index (χ1v) is 9.85. The van der Waals surface area contributed by atoms with Gasteiger partial charge in [-0.25, -0.2) is 8.42 Å². The van der Waals surface area contributed by atoms with Crippen LogP contribution >= 0.6 is 0 Å². The van der Waals surface area contributed by atoms with E-state index < -0.39 is 22.2 Å². The molecule has 140 valence electrons. The van der Waals surface area contributed by atoms with Crippen molar-refractivity contribution in [2.45, 2.75) is 23.5 Å². The molecule has 0 saturated carbocycles. The first-order valence-electron chi connectivity index (χ1n) is 8.41. The summed E-state index contributed by atoms with van der Waals surface area (Å²) in [6.07, 6.45) is -0.188. The van der Waals surface area contributed by atoms with E-state index in [4.69, 9.17) is 10.00 Å². The van der Waals surface area contributed by atoms with Gasteiger partial charge in [0.25, 0.3) is 0 Å². The van der Waals surface area contributed by atoms with Gasteiger partial charge in [-0.1, -0.05) is 18.2 Å². The lowest BCUT2D eigenvalue weighted by Crippen LogP contribution is -2.44. The molecule has 1 heterocycles. The summed E-state index contributed by atoms with van der Waals surface area (Å²) in [6, 6.07) is 15.8. The van der Waals surface area contributed by atoms with E-state index in [0.717, 1.165) is 0 Å². The molecule has 0 unspecified atom stereocenters. The zero-order valence-corrected chi connectivity index (χ0v) is 15.5. The van der Waals surface area contributed by atoms with Crippen LogP contribution in [-0.4, -0.2) is 44.4 Å². The monoisotopic (exact) mass is 385 g/mol. The molecule has 1 fully saturated rings. The van der Waals surface area contributed by atoms with Gasteiger partial charge in [0, 0.05) is 13.5 Å². The lowest BCUT2D eigenvalue weighted by atomic mass is 10.2. The fourth-order valence-corrected chi connectivity index (χ4v) is 4.68. The van der Waals surface area contributed by atoms with Gasteiger partial charge in [0.2, 0.25) is 15.9 Å². The zero-order valence-electron chi connectivity index (χ0n) is 14.7. The van der Waals surface area contributed by atoms with E-state index in [1.165, 1.54) is 35.6 Å². The molecule has 1 saturated heterocycles. The molecule has 0 radical (unpaired) electrons. The molecule has 1 N–H and O–H groups in total. The first-order chi connectivity index (χ1) is 13.0. The largest absolute Gasteiger partial charge is 0.489 e. The molecule has 8 heteroatoms. The van der Waals surface area contributed by atoms with Gasteiger partial charge in [-0.2, -0.15) is 9.57 Å². The highest BCUT2D eigenvalue weighted by molar-refractivity contribution is 7.89. The average Bonchev–Trinajstić information content (AvgIpc) is 3.13. The van der Waals surface area contributed by atoms with Crippen molar-refractivity contribution < 1.29 is 17.9 Å². The minimum atomic E-state index is -3.91. The normalized spacial score (nSPS) is 20.0. The molecular formula is C19H19N3O4S. The number of carbonyl (C=O) groups is 1. The second kappa shape index (κ2) is 7.78. The quantitative estimate of drug-likeness (QED) is 0.841. The van der Waals surface area contributed by atoms with Crippen LogP contribution in [0.2, 0.25) is 0 Å². The summed E-state index contributed by atoms with van der Waals surface area (Å²) in [6.45, 7) is 0.0648. The number of likely N-dealkylation sites (N-methyl/N-ethyl adjacent to an activating group) is 1. The number of nitriles is 1. The molecule has 0 aromatic heterocycles. The molecule has 3 rings (SSSR count). The number of sulfonamides is 1. The Morgan fingerprint density at radius 3 is 2.44 bits per heavy atom. The highest BCUT2D eigenvalue weighted by Crippen LogP contribution is 2.29. The first kappa shape index (κ1) is 18.9. The summed E-state index contributed by atoms with van der Waals surface area (Å²) in [5, 5.41) is 11.4. The molecule has 2 atom stereocenters. The van der Waals surface area contributed by atoms with E-state index in [1.807, 2.05) is 24.3 Å². The molecule has 1 aliphatic heterocycles. The molecule has 0 aliphatic carbocycles. The number of hydrogen-bond donors (Lipinski definition) is 1. The third-order valence-electron chi connectivity index (χ3n) is 4.40. The van der Waals surface area contributed by atoms with E-state index >= 15 is 0 Å². The van der Waals surface area contributed by atoms with Gasteiger partial charge < -0.3 is 10.1 Å². The molecule has 27 heavy (non-hydrogen) atoms. The van der Waals surface area contributed by atoms with Gasteiger partial charge >= 0.3 is 0 Å². The predicted octanol–water partition coefficient (Wildman–Crippen LogP) is 1.51. The number of carbonyl (C=O) groups excluding carboxylic acids is 1. The Morgan fingerprint density at radius 2 is 1.85 bits per heavy atom.